The Morgan fingerprint density at radius 1 is 1.15 bits per heavy atom. The zero-order valence-electron chi connectivity index (χ0n) is 15.8. The van der Waals surface area contributed by atoms with Crippen molar-refractivity contribution in [3.8, 4) is 11.4 Å². The normalized spacial score (nSPS) is 10.8. The maximum Gasteiger partial charge on any atom is 0.234 e. The molecule has 2 heterocycles. The minimum Gasteiger partial charge on any atom is -0.325 e. The highest BCUT2D eigenvalue weighted by Crippen LogP contribution is 2.25. The number of pyridine rings is 1. The molecule has 0 saturated heterocycles. The van der Waals surface area contributed by atoms with E-state index in [0.29, 0.717) is 0 Å². The standard InChI is InChI=1S/C20H23N5OS/c1-4-11-25-19(16-9-6-10-21-12-16)23-24-20(25)27-13-17(26)22-18-14(2)7-5-8-15(18)3/h5-10,12H,4,11,13H2,1-3H3,(H,22,26). The van der Waals surface area contributed by atoms with Crippen molar-refractivity contribution in [2.75, 3.05) is 11.1 Å². The number of carbonyl (C=O) groups excluding carboxylic acids is 1. The van der Waals surface area contributed by atoms with E-state index in [0.717, 1.165) is 46.3 Å². The number of benzene rings is 1. The van der Waals surface area contributed by atoms with Crippen molar-refractivity contribution in [1.29, 1.82) is 0 Å². The minimum atomic E-state index is -0.0497. The molecule has 140 valence electrons. The molecule has 3 rings (SSSR count). The summed E-state index contributed by atoms with van der Waals surface area (Å²) in [5, 5.41) is 12.4. The molecule has 1 amide bonds. The SMILES string of the molecule is CCCn1c(SCC(=O)Nc2c(C)cccc2C)nnc1-c1cccnc1. The lowest BCUT2D eigenvalue weighted by atomic mass is 10.1. The van der Waals surface area contributed by atoms with Crippen LogP contribution in [0, 0.1) is 13.8 Å². The van der Waals surface area contributed by atoms with Crippen molar-refractivity contribution < 1.29 is 4.79 Å². The third-order valence-electron chi connectivity index (χ3n) is 4.16. The second kappa shape index (κ2) is 8.81. The van der Waals surface area contributed by atoms with E-state index in [1.54, 1.807) is 12.4 Å². The number of nitrogens with zero attached hydrogens (tertiary/aromatic N) is 4. The van der Waals surface area contributed by atoms with Gasteiger partial charge in [0, 0.05) is 30.2 Å². The van der Waals surface area contributed by atoms with Crippen molar-refractivity contribution in [2.24, 2.45) is 0 Å². The van der Waals surface area contributed by atoms with Gasteiger partial charge in [0.15, 0.2) is 11.0 Å². The number of thioether (sulfide) groups is 1. The maximum atomic E-state index is 12.4. The first-order valence-corrected chi connectivity index (χ1v) is 9.91. The van der Waals surface area contributed by atoms with E-state index in [9.17, 15) is 4.79 Å². The molecule has 0 fully saturated rings. The Labute approximate surface area is 163 Å². The van der Waals surface area contributed by atoms with Crippen LogP contribution in [0.25, 0.3) is 11.4 Å². The van der Waals surface area contributed by atoms with E-state index in [4.69, 9.17) is 0 Å². The lowest BCUT2D eigenvalue weighted by Crippen LogP contribution is -2.16. The summed E-state index contributed by atoms with van der Waals surface area (Å²) in [6.07, 6.45) is 4.46. The number of aromatic nitrogens is 4. The van der Waals surface area contributed by atoms with Crippen LogP contribution in [0.5, 0.6) is 0 Å². The van der Waals surface area contributed by atoms with E-state index in [2.05, 4.69) is 27.4 Å². The van der Waals surface area contributed by atoms with Gasteiger partial charge in [-0.25, -0.2) is 0 Å². The summed E-state index contributed by atoms with van der Waals surface area (Å²) in [5.74, 6) is 1.01. The molecule has 1 N–H and O–H groups in total. The molecule has 0 aliphatic heterocycles. The number of carbonyl (C=O) groups is 1. The highest BCUT2D eigenvalue weighted by molar-refractivity contribution is 7.99. The van der Waals surface area contributed by atoms with Crippen molar-refractivity contribution >= 4 is 23.4 Å². The second-order valence-corrected chi connectivity index (χ2v) is 7.25. The average Bonchev–Trinajstić information content (AvgIpc) is 3.07. The summed E-state index contributed by atoms with van der Waals surface area (Å²) in [7, 11) is 0. The topological polar surface area (TPSA) is 72.7 Å². The molecule has 27 heavy (non-hydrogen) atoms. The molecular weight excluding hydrogens is 358 g/mol. The summed E-state index contributed by atoms with van der Waals surface area (Å²) in [6.45, 7) is 6.88. The highest BCUT2D eigenvalue weighted by atomic mass is 32.2. The van der Waals surface area contributed by atoms with Gasteiger partial charge in [-0.2, -0.15) is 0 Å². The molecule has 0 saturated carbocycles. The monoisotopic (exact) mass is 381 g/mol. The van der Waals surface area contributed by atoms with Crippen LogP contribution in [0.1, 0.15) is 24.5 Å². The minimum absolute atomic E-state index is 0.0497. The molecule has 3 aromatic rings. The fourth-order valence-electron chi connectivity index (χ4n) is 2.85. The van der Waals surface area contributed by atoms with Gasteiger partial charge in [-0.15, -0.1) is 10.2 Å². The molecule has 2 aromatic heterocycles. The highest BCUT2D eigenvalue weighted by Gasteiger charge is 2.16. The van der Waals surface area contributed by atoms with Gasteiger partial charge in [0.1, 0.15) is 0 Å². The number of rotatable bonds is 7. The fraction of sp³-hybridized carbons (Fsp3) is 0.300. The van der Waals surface area contributed by atoms with Crippen molar-refractivity contribution in [3.63, 3.8) is 0 Å². The van der Waals surface area contributed by atoms with E-state index >= 15 is 0 Å². The first-order valence-electron chi connectivity index (χ1n) is 8.92. The molecule has 0 bridgehead atoms. The second-order valence-electron chi connectivity index (χ2n) is 6.30. The van der Waals surface area contributed by atoms with E-state index in [1.807, 2.05) is 48.7 Å². The molecule has 0 radical (unpaired) electrons. The smallest absolute Gasteiger partial charge is 0.234 e. The van der Waals surface area contributed by atoms with Crippen LogP contribution in [-0.2, 0) is 11.3 Å². The first kappa shape index (κ1) is 19.1. The zero-order chi connectivity index (χ0) is 19.2. The molecule has 7 heteroatoms. The Kier molecular flexibility index (Phi) is 6.24. The molecule has 6 nitrogen and oxygen atoms in total. The lowest BCUT2D eigenvalue weighted by molar-refractivity contribution is -0.113. The van der Waals surface area contributed by atoms with Crippen LogP contribution < -0.4 is 5.32 Å². The molecule has 0 aliphatic rings. The van der Waals surface area contributed by atoms with Crippen LogP contribution in [0.15, 0.2) is 47.9 Å². The Balaban J connectivity index is 1.72. The fourth-order valence-corrected chi connectivity index (χ4v) is 3.61. The number of hydrogen-bond acceptors (Lipinski definition) is 5. The molecule has 0 atom stereocenters. The Morgan fingerprint density at radius 3 is 2.59 bits per heavy atom. The van der Waals surface area contributed by atoms with Gasteiger partial charge in [0.05, 0.1) is 5.75 Å². The summed E-state index contributed by atoms with van der Waals surface area (Å²) in [5.41, 5.74) is 3.92. The van der Waals surface area contributed by atoms with Gasteiger partial charge in [0.25, 0.3) is 0 Å². The largest absolute Gasteiger partial charge is 0.325 e. The van der Waals surface area contributed by atoms with Crippen LogP contribution in [0.4, 0.5) is 5.69 Å². The van der Waals surface area contributed by atoms with Crippen LogP contribution in [0.3, 0.4) is 0 Å². The summed E-state index contributed by atoms with van der Waals surface area (Å²) < 4.78 is 2.05. The molecule has 0 aliphatic carbocycles. The third-order valence-corrected chi connectivity index (χ3v) is 5.13. The van der Waals surface area contributed by atoms with Crippen molar-refractivity contribution in [1.82, 2.24) is 19.7 Å². The predicted octanol–water partition coefficient (Wildman–Crippen LogP) is 4.10. The van der Waals surface area contributed by atoms with E-state index < -0.39 is 0 Å². The first-order chi connectivity index (χ1) is 13.1. The molecule has 0 spiro atoms. The number of amides is 1. The van der Waals surface area contributed by atoms with Crippen LogP contribution in [-0.4, -0.2) is 31.4 Å². The van der Waals surface area contributed by atoms with Gasteiger partial charge in [-0.3, -0.25) is 9.78 Å². The lowest BCUT2D eigenvalue weighted by Gasteiger charge is -2.12. The Bertz CT molecular complexity index is 903. The van der Waals surface area contributed by atoms with Gasteiger partial charge in [-0.1, -0.05) is 36.9 Å². The third kappa shape index (κ3) is 4.54. The van der Waals surface area contributed by atoms with E-state index in [-0.39, 0.29) is 11.7 Å². The van der Waals surface area contributed by atoms with Crippen LogP contribution >= 0.6 is 11.8 Å². The number of anilines is 1. The zero-order valence-corrected chi connectivity index (χ0v) is 16.6. The quantitative estimate of drug-likeness (QED) is 0.624. The number of aryl methyl sites for hydroxylation is 2. The van der Waals surface area contributed by atoms with Gasteiger partial charge >= 0.3 is 0 Å². The maximum absolute atomic E-state index is 12.4. The Morgan fingerprint density at radius 2 is 1.93 bits per heavy atom. The predicted molar refractivity (Wildman–Crippen MR) is 109 cm³/mol. The van der Waals surface area contributed by atoms with Crippen LogP contribution in [0.2, 0.25) is 0 Å². The average molecular weight is 382 g/mol. The van der Waals surface area contributed by atoms with E-state index in [1.165, 1.54) is 11.8 Å². The van der Waals surface area contributed by atoms with Gasteiger partial charge in [0.2, 0.25) is 5.91 Å². The number of para-hydroxylation sites is 1. The van der Waals surface area contributed by atoms with Gasteiger partial charge in [-0.05, 0) is 43.5 Å². The van der Waals surface area contributed by atoms with Crippen molar-refractivity contribution in [2.45, 2.75) is 38.9 Å². The summed E-state index contributed by atoms with van der Waals surface area (Å²) >= 11 is 1.40. The van der Waals surface area contributed by atoms with Gasteiger partial charge < -0.3 is 9.88 Å². The molecular formula is C20H23N5OS. The van der Waals surface area contributed by atoms with Crippen molar-refractivity contribution in [3.05, 3.63) is 53.9 Å². The number of hydrogen-bond donors (Lipinski definition) is 1. The molecule has 1 aromatic carbocycles. The summed E-state index contributed by atoms with van der Waals surface area (Å²) in [6, 6.07) is 9.82. The molecule has 0 unspecified atom stereocenters. The summed E-state index contributed by atoms with van der Waals surface area (Å²) in [4.78, 5) is 16.6. The Hall–Kier alpha value is -2.67. The number of nitrogens with one attached hydrogen (secondary N) is 1.